The average molecular weight is 644 g/mol. The third-order valence-electron chi connectivity index (χ3n) is 7.86. The topological polar surface area (TPSA) is 74.9 Å². The lowest BCUT2D eigenvalue weighted by Gasteiger charge is -2.39. The van der Waals surface area contributed by atoms with Crippen molar-refractivity contribution in [3.63, 3.8) is 0 Å². The van der Waals surface area contributed by atoms with E-state index in [9.17, 15) is 5.26 Å². The van der Waals surface area contributed by atoms with Gasteiger partial charge in [-0.25, -0.2) is 0 Å². The molecule has 3 heterocycles. The van der Waals surface area contributed by atoms with E-state index in [1.54, 1.807) is 0 Å². The molecule has 38 heavy (non-hydrogen) atoms. The Kier molecular flexibility index (Phi) is 8.83. The van der Waals surface area contributed by atoms with Gasteiger partial charge in [-0.05, 0) is 52.2 Å². The van der Waals surface area contributed by atoms with Gasteiger partial charge in [-0.2, -0.15) is 5.26 Å². The quantitative estimate of drug-likeness (QED) is 0.213. The minimum Gasteiger partial charge on any atom is -0.469 e. The van der Waals surface area contributed by atoms with Crippen LogP contribution in [0.4, 0.5) is 0 Å². The van der Waals surface area contributed by atoms with Crippen LogP contribution in [0.1, 0.15) is 26.3 Å². The Labute approximate surface area is 241 Å². The van der Waals surface area contributed by atoms with E-state index in [4.69, 9.17) is 35.0 Å². The lowest BCUT2D eigenvalue weighted by Crippen LogP contribution is -2.47. The van der Waals surface area contributed by atoms with Crippen molar-refractivity contribution in [1.29, 1.82) is 5.26 Å². The fraction of sp³-hybridized carbons (Fsp3) is 0.667. The van der Waals surface area contributed by atoms with E-state index >= 15 is 0 Å². The number of benzene rings is 1. The molecule has 1 aromatic carbocycles. The average Bonchev–Trinajstić information content (AvgIpc) is 3.45. The molecule has 0 bridgehead atoms. The highest BCUT2D eigenvalue weighted by atomic mass is 79.9. The number of fused-ring (bicyclic) bond motifs is 2. The number of hydrogen-bond donors (Lipinski definition) is 0. The lowest BCUT2D eigenvalue weighted by atomic mass is 10.1. The Balaban J connectivity index is 1.59. The smallest absolute Gasteiger partial charge is 0.215 e. The van der Waals surface area contributed by atoms with Gasteiger partial charge < -0.3 is 23.4 Å². The van der Waals surface area contributed by atoms with Crippen molar-refractivity contribution in [2.75, 3.05) is 19.8 Å². The maximum absolute atomic E-state index is 10.2. The van der Waals surface area contributed by atoms with Crippen LogP contribution in [0.15, 0.2) is 16.6 Å². The SMILES string of the molecule is CC(C)(C)[Si](C)(C)O[C@@H]1CO[C@H]2[C@@H]1OC[C@H]2Oc1c(C#N)c2cc(Br)c(Cl)cc2n1COCC[Si](C)(C)C. The number of nitrogens with zero attached hydrogens (tertiary/aromatic N) is 2. The molecule has 1 aromatic heterocycles. The summed E-state index contributed by atoms with van der Waals surface area (Å²) in [5, 5.41) is 11.6. The Morgan fingerprint density at radius 1 is 1.11 bits per heavy atom. The Morgan fingerprint density at radius 2 is 1.74 bits per heavy atom. The van der Waals surface area contributed by atoms with Crippen LogP contribution < -0.4 is 4.74 Å². The fourth-order valence-corrected chi connectivity index (χ4v) is 7.11. The van der Waals surface area contributed by atoms with Crippen LogP contribution in [-0.4, -0.2) is 65.2 Å². The maximum atomic E-state index is 10.2. The number of ether oxygens (including phenoxy) is 4. The van der Waals surface area contributed by atoms with Crippen LogP contribution >= 0.6 is 27.5 Å². The molecule has 2 aromatic rings. The summed E-state index contributed by atoms with van der Waals surface area (Å²) in [5.41, 5.74) is 1.24. The highest BCUT2D eigenvalue weighted by Gasteiger charge is 2.52. The molecule has 0 amide bonds. The first-order valence-electron chi connectivity index (χ1n) is 13.2. The van der Waals surface area contributed by atoms with Gasteiger partial charge in [0.25, 0.3) is 0 Å². The maximum Gasteiger partial charge on any atom is 0.215 e. The van der Waals surface area contributed by atoms with Crippen LogP contribution in [-0.2, 0) is 25.4 Å². The standard InChI is InChI=1S/C27H40BrClN2O5Si2/c1-27(2,3)38(7,8)36-23-15-34-24-22(14-33-25(23)24)35-26-18(13-30)17-11-19(28)20(29)12-21(17)31(26)16-32-9-10-37(4,5)6/h11-12,22-25H,9-10,14-16H2,1-8H3/t22-,23-,24-,25-/m1/s1. The molecular formula is C27H40BrClN2O5Si2. The van der Waals surface area contributed by atoms with Crippen LogP contribution in [0.2, 0.25) is 48.8 Å². The summed E-state index contributed by atoms with van der Waals surface area (Å²) in [5.74, 6) is 0.455. The van der Waals surface area contributed by atoms with Crippen molar-refractivity contribution in [1.82, 2.24) is 4.57 Å². The molecule has 0 radical (unpaired) electrons. The highest BCUT2D eigenvalue weighted by molar-refractivity contribution is 9.10. The monoisotopic (exact) mass is 642 g/mol. The van der Waals surface area contributed by atoms with Crippen molar-refractivity contribution in [3.8, 4) is 11.9 Å². The first-order chi connectivity index (χ1) is 17.6. The summed E-state index contributed by atoms with van der Waals surface area (Å²) in [6.45, 7) is 19.9. The number of nitriles is 1. The third-order valence-corrected chi connectivity index (χ3v) is 15.3. The second-order valence-corrected chi connectivity index (χ2v) is 24.7. The summed E-state index contributed by atoms with van der Waals surface area (Å²) in [6, 6.07) is 7.11. The molecule has 11 heteroatoms. The number of halogens is 2. The largest absolute Gasteiger partial charge is 0.469 e. The van der Waals surface area contributed by atoms with Crippen molar-refractivity contribution in [2.45, 2.75) is 95.7 Å². The molecule has 2 aliphatic rings. The molecule has 0 N–H and O–H groups in total. The minimum absolute atomic E-state index is 0.0905. The summed E-state index contributed by atoms with van der Waals surface area (Å²) < 4.78 is 34.3. The van der Waals surface area contributed by atoms with Crippen molar-refractivity contribution in [2.24, 2.45) is 0 Å². The highest BCUT2D eigenvalue weighted by Crippen LogP contribution is 2.42. The van der Waals surface area contributed by atoms with Gasteiger partial charge in [0.05, 0.1) is 29.9 Å². The van der Waals surface area contributed by atoms with Gasteiger partial charge in [-0.15, -0.1) is 0 Å². The summed E-state index contributed by atoms with van der Waals surface area (Å²) >= 11 is 9.96. The predicted octanol–water partition coefficient (Wildman–Crippen LogP) is 7.18. The Morgan fingerprint density at radius 3 is 2.34 bits per heavy atom. The van der Waals surface area contributed by atoms with E-state index in [0.717, 1.165) is 21.4 Å². The van der Waals surface area contributed by atoms with Gasteiger partial charge in [0.1, 0.15) is 30.6 Å². The first kappa shape index (κ1) is 30.1. The Hall–Kier alpha value is -0.906. The number of aromatic nitrogens is 1. The van der Waals surface area contributed by atoms with E-state index in [-0.39, 0.29) is 36.2 Å². The lowest BCUT2D eigenvalue weighted by molar-refractivity contribution is 0.00849. The molecule has 0 unspecified atom stereocenters. The van der Waals surface area contributed by atoms with Crippen molar-refractivity contribution in [3.05, 3.63) is 27.2 Å². The molecule has 0 aliphatic carbocycles. The van der Waals surface area contributed by atoms with Gasteiger partial charge in [0, 0.05) is 24.5 Å². The first-order valence-corrected chi connectivity index (χ1v) is 21.0. The van der Waals surface area contributed by atoms with Gasteiger partial charge in [-0.3, -0.25) is 4.57 Å². The zero-order chi connectivity index (χ0) is 28.0. The van der Waals surface area contributed by atoms with Gasteiger partial charge in [-0.1, -0.05) is 52.0 Å². The molecule has 2 aliphatic heterocycles. The van der Waals surface area contributed by atoms with Gasteiger partial charge in [0.15, 0.2) is 14.4 Å². The zero-order valence-electron chi connectivity index (χ0n) is 23.7. The molecule has 0 spiro atoms. The second kappa shape index (κ2) is 11.2. The Bertz CT molecular complexity index is 1220. The zero-order valence-corrected chi connectivity index (χ0v) is 28.0. The molecule has 2 saturated heterocycles. The van der Waals surface area contributed by atoms with E-state index in [0.29, 0.717) is 36.3 Å². The normalized spacial score (nSPS) is 24.1. The van der Waals surface area contributed by atoms with Crippen LogP contribution in [0.25, 0.3) is 10.9 Å². The van der Waals surface area contributed by atoms with E-state index < -0.39 is 16.4 Å². The molecule has 2 fully saturated rings. The number of rotatable bonds is 9. The minimum atomic E-state index is -1.99. The van der Waals surface area contributed by atoms with Crippen molar-refractivity contribution < 1.29 is 23.4 Å². The van der Waals surface area contributed by atoms with Crippen LogP contribution in [0, 0.1) is 11.3 Å². The summed E-state index contributed by atoms with van der Waals surface area (Å²) in [4.78, 5) is 0. The molecule has 7 nitrogen and oxygen atoms in total. The second-order valence-electron chi connectivity index (χ2n) is 13.0. The molecule has 4 atom stereocenters. The molecule has 4 rings (SSSR count). The molecular weight excluding hydrogens is 604 g/mol. The number of hydrogen-bond acceptors (Lipinski definition) is 6. The van der Waals surface area contributed by atoms with E-state index in [1.165, 1.54) is 0 Å². The predicted molar refractivity (Wildman–Crippen MR) is 159 cm³/mol. The van der Waals surface area contributed by atoms with E-state index in [2.05, 4.69) is 75.5 Å². The molecule has 0 saturated carbocycles. The third kappa shape index (κ3) is 6.20. The fourth-order valence-electron chi connectivity index (χ4n) is 4.54. The summed E-state index contributed by atoms with van der Waals surface area (Å²) in [7, 11) is -3.24. The molecule has 210 valence electrons. The summed E-state index contributed by atoms with van der Waals surface area (Å²) in [6.07, 6.45) is -0.973. The van der Waals surface area contributed by atoms with Crippen molar-refractivity contribution >= 4 is 54.8 Å². The van der Waals surface area contributed by atoms with Gasteiger partial charge in [0.2, 0.25) is 5.88 Å². The van der Waals surface area contributed by atoms with Gasteiger partial charge >= 0.3 is 0 Å². The van der Waals surface area contributed by atoms with Crippen LogP contribution in [0.3, 0.4) is 0 Å². The van der Waals surface area contributed by atoms with Crippen LogP contribution in [0.5, 0.6) is 5.88 Å². The van der Waals surface area contributed by atoms with E-state index in [1.807, 2.05) is 16.7 Å².